The largest absolute Gasteiger partial charge is 0.336 e. The van der Waals surface area contributed by atoms with Gasteiger partial charge in [-0.2, -0.15) is 9.57 Å². The van der Waals surface area contributed by atoms with Crippen molar-refractivity contribution in [2.75, 3.05) is 39.3 Å². The van der Waals surface area contributed by atoms with Crippen LogP contribution < -0.4 is 0 Å². The van der Waals surface area contributed by atoms with Crippen LogP contribution in [0.3, 0.4) is 0 Å². The lowest BCUT2D eigenvalue weighted by atomic mass is 10.0. The topological polar surface area (TPSA) is 84.7 Å². The molecule has 0 aliphatic carbocycles. The van der Waals surface area contributed by atoms with Crippen molar-refractivity contribution >= 4 is 15.9 Å². The molecule has 0 aromatic heterocycles. The Morgan fingerprint density at radius 1 is 1.03 bits per heavy atom. The summed E-state index contributed by atoms with van der Waals surface area (Å²) in [6.45, 7) is 9.78. The SMILES string of the molecule is CC1CCN(S(=O)(=O)c2ccc(C(=O)N3CCN(C(C#N)C(C)C)CC3)cc2)CC1. The van der Waals surface area contributed by atoms with Crippen LogP contribution in [0.4, 0.5) is 0 Å². The van der Waals surface area contributed by atoms with Gasteiger partial charge in [-0.1, -0.05) is 20.8 Å². The highest BCUT2D eigenvalue weighted by Crippen LogP contribution is 2.24. The first-order valence-electron chi connectivity index (χ1n) is 10.8. The normalized spacial score (nSPS) is 20.8. The molecule has 1 atom stereocenters. The Hall–Kier alpha value is -1.95. The van der Waals surface area contributed by atoms with Crippen LogP contribution in [0, 0.1) is 23.2 Å². The van der Waals surface area contributed by atoms with Gasteiger partial charge in [0.25, 0.3) is 5.91 Å². The summed E-state index contributed by atoms with van der Waals surface area (Å²) in [5, 5.41) is 9.38. The number of sulfonamides is 1. The second-order valence-electron chi connectivity index (χ2n) is 8.76. The summed E-state index contributed by atoms with van der Waals surface area (Å²) in [5.41, 5.74) is 0.496. The number of nitriles is 1. The fourth-order valence-corrected chi connectivity index (χ4v) is 5.65. The van der Waals surface area contributed by atoms with Gasteiger partial charge in [0.05, 0.1) is 11.0 Å². The number of piperidine rings is 1. The van der Waals surface area contributed by atoms with Crippen LogP contribution in [0.5, 0.6) is 0 Å². The molecule has 1 aromatic carbocycles. The molecule has 8 heteroatoms. The van der Waals surface area contributed by atoms with E-state index in [0.717, 1.165) is 12.8 Å². The fourth-order valence-electron chi connectivity index (χ4n) is 4.18. The van der Waals surface area contributed by atoms with E-state index >= 15 is 0 Å². The van der Waals surface area contributed by atoms with E-state index < -0.39 is 10.0 Å². The van der Waals surface area contributed by atoms with E-state index in [9.17, 15) is 18.5 Å². The summed E-state index contributed by atoms with van der Waals surface area (Å²) in [5.74, 6) is 0.708. The molecule has 0 radical (unpaired) electrons. The number of nitrogens with zero attached hydrogens (tertiary/aromatic N) is 4. The number of piperazine rings is 1. The second kappa shape index (κ2) is 9.46. The van der Waals surface area contributed by atoms with Gasteiger partial charge >= 0.3 is 0 Å². The standard InChI is InChI=1S/C22H32N4O3S/c1-17(2)21(16-23)24-12-14-25(15-13-24)22(27)19-4-6-20(7-5-19)30(28,29)26-10-8-18(3)9-11-26/h4-7,17-18,21H,8-15H2,1-3H3. The van der Waals surface area contributed by atoms with Gasteiger partial charge in [0.15, 0.2) is 0 Å². The first-order chi connectivity index (χ1) is 14.2. The van der Waals surface area contributed by atoms with Crippen molar-refractivity contribution < 1.29 is 13.2 Å². The van der Waals surface area contributed by atoms with E-state index in [2.05, 4.69) is 17.9 Å². The first kappa shape index (κ1) is 22.7. The summed E-state index contributed by atoms with van der Waals surface area (Å²) < 4.78 is 27.3. The number of hydrogen-bond acceptors (Lipinski definition) is 5. The fraction of sp³-hybridized carbons (Fsp3) is 0.636. The van der Waals surface area contributed by atoms with Crippen LogP contribution in [0.2, 0.25) is 0 Å². The minimum absolute atomic E-state index is 0.0940. The molecule has 30 heavy (non-hydrogen) atoms. The van der Waals surface area contributed by atoms with Gasteiger partial charge in [-0.25, -0.2) is 8.42 Å². The Balaban J connectivity index is 1.63. The Kier molecular flexibility index (Phi) is 7.17. The molecule has 7 nitrogen and oxygen atoms in total. The number of rotatable bonds is 5. The van der Waals surface area contributed by atoms with Crippen molar-refractivity contribution in [2.24, 2.45) is 11.8 Å². The van der Waals surface area contributed by atoms with Gasteiger partial charge in [-0.05, 0) is 48.9 Å². The van der Waals surface area contributed by atoms with E-state index in [1.165, 1.54) is 0 Å². The van der Waals surface area contributed by atoms with Gasteiger partial charge in [0.2, 0.25) is 10.0 Å². The van der Waals surface area contributed by atoms with Crippen molar-refractivity contribution in [2.45, 2.75) is 44.6 Å². The van der Waals surface area contributed by atoms with Gasteiger partial charge in [0.1, 0.15) is 6.04 Å². The average molecular weight is 433 g/mol. The maximum absolute atomic E-state index is 12.9. The number of hydrogen-bond donors (Lipinski definition) is 0. The van der Waals surface area contributed by atoms with Crippen LogP contribution in [-0.2, 0) is 10.0 Å². The summed E-state index contributed by atoms with van der Waals surface area (Å²) in [6.07, 6.45) is 1.76. The molecular formula is C22H32N4O3S. The van der Waals surface area contributed by atoms with Crippen molar-refractivity contribution in [3.8, 4) is 6.07 Å². The van der Waals surface area contributed by atoms with E-state index in [-0.39, 0.29) is 22.8 Å². The molecule has 2 aliphatic heterocycles. The smallest absolute Gasteiger partial charge is 0.253 e. The number of carbonyl (C=O) groups excluding carboxylic acids is 1. The van der Waals surface area contributed by atoms with Gasteiger partial charge in [-0.3, -0.25) is 9.69 Å². The van der Waals surface area contributed by atoms with Gasteiger partial charge in [0, 0.05) is 44.8 Å². The number of benzene rings is 1. The predicted octanol–water partition coefficient (Wildman–Crippen LogP) is 2.41. The Bertz CT molecular complexity index is 876. The van der Waals surface area contributed by atoms with Crippen LogP contribution in [-0.4, -0.2) is 73.7 Å². The molecule has 1 aromatic rings. The first-order valence-corrected chi connectivity index (χ1v) is 12.2. The third kappa shape index (κ3) is 4.85. The Labute approximate surface area is 180 Å². The quantitative estimate of drug-likeness (QED) is 0.713. The molecule has 0 spiro atoms. The lowest BCUT2D eigenvalue weighted by Gasteiger charge is -2.38. The van der Waals surface area contributed by atoms with Gasteiger partial charge < -0.3 is 4.90 Å². The van der Waals surface area contributed by atoms with Crippen LogP contribution >= 0.6 is 0 Å². The third-order valence-corrected chi connectivity index (χ3v) is 8.15. The number of amides is 1. The lowest BCUT2D eigenvalue weighted by Crippen LogP contribution is -2.52. The monoisotopic (exact) mass is 432 g/mol. The molecule has 2 aliphatic rings. The molecule has 0 N–H and O–H groups in total. The summed E-state index contributed by atoms with van der Waals surface area (Å²) >= 11 is 0. The lowest BCUT2D eigenvalue weighted by molar-refractivity contribution is 0.0576. The minimum atomic E-state index is -3.51. The molecular weight excluding hydrogens is 400 g/mol. The highest BCUT2D eigenvalue weighted by atomic mass is 32.2. The zero-order valence-electron chi connectivity index (χ0n) is 18.1. The van der Waals surface area contributed by atoms with Crippen molar-refractivity contribution in [1.29, 1.82) is 5.26 Å². The Morgan fingerprint density at radius 2 is 1.60 bits per heavy atom. The average Bonchev–Trinajstić information content (AvgIpc) is 2.74. The van der Waals surface area contributed by atoms with Crippen LogP contribution in [0.1, 0.15) is 44.0 Å². The van der Waals surface area contributed by atoms with Gasteiger partial charge in [-0.15, -0.1) is 0 Å². The van der Waals surface area contributed by atoms with E-state index in [1.54, 1.807) is 33.5 Å². The van der Waals surface area contributed by atoms with E-state index in [0.29, 0.717) is 50.7 Å². The Morgan fingerprint density at radius 3 is 2.10 bits per heavy atom. The minimum Gasteiger partial charge on any atom is -0.336 e. The third-order valence-electron chi connectivity index (χ3n) is 6.24. The van der Waals surface area contributed by atoms with Crippen molar-refractivity contribution in [3.05, 3.63) is 29.8 Å². The molecule has 2 heterocycles. The highest BCUT2D eigenvalue weighted by molar-refractivity contribution is 7.89. The second-order valence-corrected chi connectivity index (χ2v) is 10.7. The molecule has 1 amide bonds. The predicted molar refractivity (Wildman–Crippen MR) is 115 cm³/mol. The maximum Gasteiger partial charge on any atom is 0.253 e. The van der Waals surface area contributed by atoms with Crippen LogP contribution in [0.15, 0.2) is 29.2 Å². The molecule has 1 unspecified atom stereocenters. The van der Waals surface area contributed by atoms with E-state index in [4.69, 9.17) is 0 Å². The molecule has 0 saturated carbocycles. The van der Waals surface area contributed by atoms with Crippen molar-refractivity contribution in [1.82, 2.24) is 14.1 Å². The molecule has 164 valence electrons. The molecule has 2 fully saturated rings. The summed E-state index contributed by atoms with van der Waals surface area (Å²) in [4.78, 5) is 17.0. The summed E-state index contributed by atoms with van der Waals surface area (Å²) in [6, 6.07) is 8.53. The molecule has 3 rings (SSSR count). The highest BCUT2D eigenvalue weighted by Gasteiger charge is 2.30. The van der Waals surface area contributed by atoms with Crippen LogP contribution in [0.25, 0.3) is 0 Å². The van der Waals surface area contributed by atoms with Crippen molar-refractivity contribution in [3.63, 3.8) is 0 Å². The van der Waals surface area contributed by atoms with E-state index in [1.807, 2.05) is 13.8 Å². The zero-order chi connectivity index (χ0) is 21.9. The number of carbonyl (C=O) groups is 1. The summed E-state index contributed by atoms with van der Waals surface area (Å²) in [7, 11) is -3.51. The molecule has 0 bridgehead atoms. The zero-order valence-corrected chi connectivity index (χ0v) is 18.9. The molecule has 2 saturated heterocycles. The maximum atomic E-state index is 12.9.